The Labute approximate surface area is 125 Å². The standard InChI is InChI=1S/C15H15F3N2O2/c1-3-22-14(21)13-8-19-9-20(13)10(2)11-6-4-5-7-12(11)15(16,17)18/h4-10H,3H2,1-2H3. The van der Waals surface area contributed by atoms with Gasteiger partial charge in [0.25, 0.3) is 0 Å². The predicted molar refractivity (Wildman–Crippen MR) is 73.4 cm³/mol. The Morgan fingerprint density at radius 3 is 2.68 bits per heavy atom. The maximum atomic E-state index is 13.1. The van der Waals surface area contributed by atoms with Crippen LogP contribution in [0.4, 0.5) is 13.2 Å². The molecule has 1 aromatic heterocycles. The number of hydrogen-bond donors (Lipinski definition) is 0. The Hall–Kier alpha value is -2.31. The third-order valence-corrected chi connectivity index (χ3v) is 3.28. The van der Waals surface area contributed by atoms with Crippen LogP contribution in [0.2, 0.25) is 0 Å². The van der Waals surface area contributed by atoms with Crippen LogP contribution in [0.3, 0.4) is 0 Å². The highest BCUT2D eigenvalue weighted by Crippen LogP contribution is 2.35. The molecule has 0 aliphatic rings. The van der Waals surface area contributed by atoms with E-state index in [9.17, 15) is 18.0 Å². The molecule has 4 nitrogen and oxygen atoms in total. The van der Waals surface area contributed by atoms with Crippen molar-refractivity contribution in [2.45, 2.75) is 26.1 Å². The zero-order chi connectivity index (χ0) is 16.3. The molecule has 0 saturated carbocycles. The van der Waals surface area contributed by atoms with Gasteiger partial charge < -0.3 is 9.30 Å². The summed E-state index contributed by atoms with van der Waals surface area (Å²) in [6.07, 6.45) is -1.86. The summed E-state index contributed by atoms with van der Waals surface area (Å²) in [5, 5.41) is 0. The van der Waals surface area contributed by atoms with Gasteiger partial charge in [0.15, 0.2) is 0 Å². The maximum absolute atomic E-state index is 13.1. The highest BCUT2D eigenvalue weighted by atomic mass is 19.4. The Bertz CT molecular complexity index is 665. The van der Waals surface area contributed by atoms with Crippen molar-refractivity contribution in [2.24, 2.45) is 0 Å². The number of carbonyl (C=O) groups excluding carboxylic acids is 1. The van der Waals surface area contributed by atoms with Crippen molar-refractivity contribution in [3.63, 3.8) is 0 Å². The number of aromatic nitrogens is 2. The average molecular weight is 312 g/mol. The van der Waals surface area contributed by atoms with E-state index in [2.05, 4.69) is 4.98 Å². The van der Waals surface area contributed by atoms with E-state index in [1.165, 1.54) is 35.3 Å². The molecule has 0 radical (unpaired) electrons. The molecule has 0 saturated heterocycles. The maximum Gasteiger partial charge on any atom is 0.416 e. The molecule has 0 aliphatic carbocycles. The van der Waals surface area contributed by atoms with Gasteiger partial charge in [0.05, 0.1) is 30.7 Å². The SMILES string of the molecule is CCOC(=O)c1cncn1C(C)c1ccccc1C(F)(F)F. The Balaban J connectivity index is 2.44. The molecule has 0 amide bonds. The van der Waals surface area contributed by atoms with Gasteiger partial charge in [-0.1, -0.05) is 18.2 Å². The van der Waals surface area contributed by atoms with Crippen LogP contribution in [-0.4, -0.2) is 22.1 Å². The molecule has 118 valence electrons. The number of nitrogens with zero attached hydrogens (tertiary/aromatic N) is 2. The zero-order valence-corrected chi connectivity index (χ0v) is 12.1. The third kappa shape index (κ3) is 3.13. The monoisotopic (exact) mass is 312 g/mol. The minimum Gasteiger partial charge on any atom is -0.461 e. The number of benzene rings is 1. The van der Waals surface area contributed by atoms with Gasteiger partial charge in [0.2, 0.25) is 0 Å². The lowest BCUT2D eigenvalue weighted by atomic mass is 10.0. The Kier molecular flexibility index (Phi) is 4.54. The number of alkyl halides is 3. The number of hydrogen-bond acceptors (Lipinski definition) is 3. The van der Waals surface area contributed by atoms with E-state index in [-0.39, 0.29) is 17.9 Å². The first-order valence-electron chi connectivity index (χ1n) is 6.71. The number of esters is 1. The Morgan fingerprint density at radius 1 is 1.36 bits per heavy atom. The first kappa shape index (κ1) is 16.1. The molecular formula is C15H15F3N2O2. The van der Waals surface area contributed by atoms with E-state index in [1.807, 2.05) is 0 Å². The fourth-order valence-corrected chi connectivity index (χ4v) is 2.25. The fourth-order valence-electron chi connectivity index (χ4n) is 2.25. The lowest BCUT2D eigenvalue weighted by molar-refractivity contribution is -0.138. The summed E-state index contributed by atoms with van der Waals surface area (Å²) >= 11 is 0. The van der Waals surface area contributed by atoms with Crippen molar-refractivity contribution >= 4 is 5.97 Å². The van der Waals surface area contributed by atoms with Crippen LogP contribution in [0.15, 0.2) is 36.8 Å². The quantitative estimate of drug-likeness (QED) is 0.809. The van der Waals surface area contributed by atoms with E-state index < -0.39 is 23.8 Å². The molecule has 1 aromatic carbocycles. The predicted octanol–water partition coefficient (Wildman–Crippen LogP) is 3.69. The molecule has 0 aliphatic heterocycles. The number of imidazole rings is 1. The lowest BCUT2D eigenvalue weighted by Gasteiger charge is -2.20. The normalized spacial score (nSPS) is 13.0. The van der Waals surface area contributed by atoms with Crippen molar-refractivity contribution in [1.82, 2.24) is 9.55 Å². The van der Waals surface area contributed by atoms with E-state index in [1.54, 1.807) is 13.8 Å². The highest BCUT2D eigenvalue weighted by molar-refractivity contribution is 5.87. The van der Waals surface area contributed by atoms with Crippen LogP contribution in [-0.2, 0) is 10.9 Å². The number of ether oxygens (including phenoxy) is 1. The number of halogens is 3. The first-order chi connectivity index (χ1) is 10.4. The fraction of sp³-hybridized carbons (Fsp3) is 0.333. The van der Waals surface area contributed by atoms with E-state index in [4.69, 9.17) is 4.74 Å². The molecule has 0 fully saturated rings. The van der Waals surface area contributed by atoms with Crippen LogP contribution >= 0.6 is 0 Å². The van der Waals surface area contributed by atoms with Gasteiger partial charge in [-0.05, 0) is 25.5 Å². The molecule has 0 spiro atoms. The minimum absolute atomic E-state index is 0.0681. The van der Waals surface area contributed by atoms with Gasteiger partial charge in [-0.15, -0.1) is 0 Å². The summed E-state index contributed by atoms with van der Waals surface area (Å²) in [5.41, 5.74) is -0.545. The Morgan fingerprint density at radius 2 is 2.05 bits per heavy atom. The first-order valence-corrected chi connectivity index (χ1v) is 6.71. The molecule has 1 heterocycles. The minimum atomic E-state index is -4.46. The molecule has 2 aromatic rings. The second-order valence-electron chi connectivity index (χ2n) is 4.67. The second kappa shape index (κ2) is 6.21. The van der Waals surface area contributed by atoms with E-state index in [0.717, 1.165) is 6.07 Å². The molecule has 0 N–H and O–H groups in total. The van der Waals surface area contributed by atoms with Gasteiger partial charge in [0, 0.05) is 0 Å². The number of rotatable bonds is 4. The summed E-state index contributed by atoms with van der Waals surface area (Å²) in [7, 11) is 0. The molecule has 1 unspecified atom stereocenters. The molecule has 2 rings (SSSR count). The largest absolute Gasteiger partial charge is 0.461 e. The van der Waals surface area contributed by atoms with Gasteiger partial charge in [0.1, 0.15) is 5.69 Å². The van der Waals surface area contributed by atoms with Crippen LogP contribution in [0.5, 0.6) is 0 Å². The zero-order valence-electron chi connectivity index (χ0n) is 12.1. The third-order valence-electron chi connectivity index (χ3n) is 3.28. The van der Waals surface area contributed by atoms with Crippen molar-refractivity contribution in [1.29, 1.82) is 0 Å². The van der Waals surface area contributed by atoms with Gasteiger partial charge in [-0.3, -0.25) is 0 Å². The lowest BCUT2D eigenvalue weighted by Crippen LogP contribution is -2.18. The summed E-state index contributed by atoms with van der Waals surface area (Å²) in [6, 6.07) is 4.57. The molecule has 1 atom stereocenters. The highest BCUT2D eigenvalue weighted by Gasteiger charge is 2.35. The van der Waals surface area contributed by atoms with Crippen molar-refractivity contribution in [3.05, 3.63) is 53.6 Å². The second-order valence-corrected chi connectivity index (χ2v) is 4.67. The van der Waals surface area contributed by atoms with Crippen LogP contribution in [0.1, 0.15) is 41.5 Å². The summed E-state index contributed by atoms with van der Waals surface area (Å²) in [5.74, 6) is -0.615. The molecular weight excluding hydrogens is 297 g/mol. The molecule has 22 heavy (non-hydrogen) atoms. The number of carbonyl (C=O) groups is 1. The molecule has 7 heteroatoms. The van der Waals surface area contributed by atoms with Gasteiger partial charge in [-0.2, -0.15) is 13.2 Å². The van der Waals surface area contributed by atoms with Crippen molar-refractivity contribution in [2.75, 3.05) is 6.61 Å². The van der Waals surface area contributed by atoms with E-state index >= 15 is 0 Å². The topological polar surface area (TPSA) is 44.1 Å². The van der Waals surface area contributed by atoms with Crippen molar-refractivity contribution in [3.8, 4) is 0 Å². The summed E-state index contributed by atoms with van der Waals surface area (Å²) in [4.78, 5) is 15.7. The van der Waals surface area contributed by atoms with Gasteiger partial charge >= 0.3 is 12.1 Å². The van der Waals surface area contributed by atoms with Gasteiger partial charge in [-0.25, -0.2) is 9.78 Å². The van der Waals surface area contributed by atoms with Crippen LogP contribution in [0, 0.1) is 0 Å². The van der Waals surface area contributed by atoms with Crippen LogP contribution in [0.25, 0.3) is 0 Å². The van der Waals surface area contributed by atoms with Crippen molar-refractivity contribution < 1.29 is 22.7 Å². The van der Waals surface area contributed by atoms with Crippen LogP contribution < -0.4 is 0 Å². The summed E-state index contributed by atoms with van der Waals surface area (Å²) in [6.45, 7) is 3.41. The smallest absolute Gasteiger partial charge is 0.416 e. The van der Waals surface area contributed by atoms with E-state index in [0.29, 0.717) is 0 Å². The molecule has 0 bridgehead atoms. The average Bonchev–Trinajstić information content (AvgIpc) is 2.95. The summed E-state index contributed by atoms with van der Waals surface area (Å²) < 4.78 is 45.6.